The lowest BCUT2D eigenvalue weighted by atomic mass is 9.68. The fourth-order valence-electron chi connectivity index (χ4n) is 4.67. The summed E-state index contributed by atoms with van der Waals surface area (Å²) in [7, 11) is 0. The molecular weight excluding hydrogens is 509 g/mol. The third-order valence-corrected chi connectivity index (χ3v) is 6.78. The van der Waals surface area contributed by atoms with Crippen LogP contribution in [0.1, 0.15) is 36.7 Å². The number of halogens is 7. The lowest BCUT2D eigenvalue weighted by Gasteiger charge is -2.43. The number of alkyl halides is 6. The number of carbonyl (C=O) groups is 1. The van der Waals surface area contributed by atoms with E-state index in [2.05, 4.69) is 15.4 Å². The average molecular weight is 532 g/mol. The maximum atomic E-state index is 13.7. The van der Waals surface area contributed by atoms with Gasteiger partial charge in [-0.1, -0.05) is 19.1 Å². The third-order valence-electron chi connectivity index (χ3n) is 6.78. The van der Waals surface area contributed by atoms with Crippen molar-refractivity contribution >= 4 is 17.5 Å². The van der Waals surface area contributed by atoms with Gasteiger partial charge < -0.3 is 16.0 Å². The number of aromatic nitrogens is 3. The number of nitrogens with zero attached hydrogens (tertiary/aromatic N) is 4. The molecule has 2 aromatic heterocycles. The average Bonchev–Trinajstić information content (AvgIpc) is 3.27. The number of rotatable bonds is 5. The maximum absolute atomic E-state index is 13.7. The van der Waals surface area contributed by atoms with Crippen LogP contribution in [0.2, 0.25) is 0 Å². The Labute approximate surface area is 206 Å². The number of hydrogen-bond acceptors (Lipinski definition) is 4. The van der Waals surface area contributed by atoms with Gasteiger partial charge >= 0.3 is 18.4 Å². The van der Waals surface area contributed by atoms with Gasteiger partial charge in [-0.15, -0.1) is 0 Å². The summed E-state index contributed by atoms with van der Waals surface area (Å²) in [5.74, 6) is -1.11. The molecule has 3 heterocycles. The summed E-state index contributed by atoms with van der Waals surface area (Å²) in [5.41, 5.74) is 1.77. The van der Waals surface area contributed by atoms with Crippen molar-refractivity contribution in [3.05, 3.63) is 59.2 Å². The lowest BCUT2D eigenvalue weighted by molar-refractivity contribution is -0.142. The minimum atomic E-state index is -4.92. The molecule has 3 aromatic rings. The summed E-state index contributed by atoms with van der Waals surface area (Å²) in [4.78, 5) is 16.6. The van der Waals surface area contributed by atoms with Crippen molar-refractivity contribution in [3.63, 3.8) is 0 Å². The fourth-order valence-corrected chi connectivity index (χ4v) is 4.67. The van der Waals surface area contributed by atoms with Gasteiger partial charge in [-0.25, -0.2) is 14.2 Å². The Morgan fingerprint density at radius 1 is 1.08 bits per heavy atom. The van der Waals surface area contributed by atoms with Crippen LogP contribution in [0.25, 0.3) is 5.65 Å². The van der Waals surface area contributed by atoms with E-state index >= 15 is 0 Å². The molecule has 4 rings (SSSR count). The number of fused-ring (bicyclic) bond motifs is 1. The molecule has 0 saturated carbocycles. The predicted octanol–water partition coefficient (Wildman–Crippen LogP) is 5.07. The third kappa shape index (κ3) is 5.42. The Balaban J connectivity index is 1.76. The van der Waals surface area contributed by atoms with Crippen molar-refractivity contribution in [2.75, 3.05) is 25.0 Å². The quantitative estimate of drug-likeness (QED) is 0.450. The molecule has 0 aliphatic carbocycles. The maximum Gasteiger partial charge on any atom is 0.435 e. The van der Waals surface area contributed by atoms with Gasteiger partial charge in [0.25, 0.3) is 0 Å². The van der Waals surface area contributed by atoms with Crippen LogP contribution in [0.15, 0.2) is 36.4 Å². The van der Waals surface area contributed by atoms with Crippen molar-refractivity contribution in [2.45, 2.75) is 37.5 Å². The molecule has 0 spiro atoms. The molecule has 7 nitrogen and oxygen atoms in total. The van der Waals surface area contributed by atoms with Crippen LogP contribution in [0.3, 0.4) is 0 Å². The Morgan fingerprint density at radius 3 is 2.32 bits per heavy atom. The van der Waals surface area contributed by atoms with E-state index in [9.17, 15) is 35.5 Å². The number of hydrogen-bond donors (Lipinski definition) is 2. The van der Waals surface area contributed by atoms with Crippen LogP contribution >= 0.6 is 0 Å². The normalized spacial score (nSPS) is 18.6. The van der Waals surface area contributed by atoms with E-state index in [1.165, 1.54) is 29.2 Å². The van der Waals surface area contributed by atoms with Crippen LogP contribution < -0.4 is 11.1 Å². The van der Waals surface area contributed by atoms with Crippen molar-refractivity contribution in [1.82, 2.24) is 19.5 Å². The Kier molecular flexibility index (Phi) is 6.71. The first kappa shape index (κ1) is 26.5. The molecule has 14 heteroatoms. The predicted molar refractivity (Wildman–Crippen MR) is 119 cm³/mol. The number of likely N-dealkylation sites (tertiary alicyclic amines) is 1. The van der Waals surface area contributed by atoms with E-state index in [0.29, 0.717) is 41.6 Å². The van der Waals surface area contributed by atoms with Gasteiger partial charge in [-0.3, -0.25) is 0 Å². The minimum Gasteiger partial charge on any atom is -0.369 e. The number of carbonyl (C=O) groups excluding carboxylic acids is 1. The van der Waals surface area contributed by atoms with Gasteiger partial charge in [-0.2, -0.15) is 36.0 Å². The Morgan fingerprint density at radius 2 is 1.73 bits per heavy atom. The number of primary amides is 1. The molecule has 1 saturated heterocycles. The summed E-state index contributed by atoms with van der Waals surface area (Å²) < 4.78 is 94.6. The summed E-state index contributed by atoms with van der Waals surface area (Å²) in [6, 6.07) is 5.92. The van der Waals surface area contributed by atoms with Gasteiger partial charge in [-0.05, 0) is 36.5 Å². The lowest BCUT2D eigenvalue weighted by Crippen LogP contribution is -2.50. The van der Waals surface area contributed by atoms with Crippen molar-refractivity contribution in [2.24, 2.45) is 11.7 Å². The number of piperidine rings is 1. The summed E-state index contributed by atoms with van der Waals surface area (Å²) >= 11 is 0. The number of nitrogens with one attached hydrogen (secondary N) is 1. The second-order valence-electron chi connectivity index (χ2n) is 9.22. The summed E-state index contributed by atoms with van der Waals surface area (Å²) in [5, 5.41) is 6.24. The Hall–Kier alpha value is -3.58. The van der Waals surface area contributed by atoms with Gasteiger partial charge in [0.15, 0.2) is 17.0 Å². The monoisotopic (exact) mass is 532 g/mol. The molecule has 0 radical (unpaired) electrons. The second kappa shape index (κ2) is 9.38. The van der Waals surface area contributed by atoms with E-state index in [1.807, 2.05) is 0 Å². The van der Waals surface area contributed by atoms with Crippen LogP contribution in [0.4, 0.5) is 41.3 Å². The van der Waals surface area contributed by atoms with E-state index < -0.39 is 46.7 Å². The zero-order valence-electron chi connectivity index (χ0n) is 19.5. The van der Waals surface area contributed by atoms with E-state index in [0.717, 1.165) is 0 Å². The highest BCUT2D eigenvalue weighted by Crippen LogP contribution is 2.39. The first-order chi connectivity index (χ1) is 17.2. The van der Waals surface area contributed by atoms with E-state index in [4.69, 9.17) is 5.73 Å². The topological polar surface area (TPSA) is 88.6 Å². The number of nitrogens with two attached hydrogens (primary N) is 1. The standard InChI is InChI=1S/C23H23F7N6O/c1-21(13-4-6-15(24)7-5-13,14-3-2-8-35(11-14)20(31)37)12-32-18-9-16(22(25,26)27)33-19-10-17(23(28,29)30)34-36(18)19/h4-7,9-10,14,32H,2-3,8,11-12H2,1H3,(H2,31,37). The highest BCUT2D eigenvalue weighted by atomic mass is 19.4. The molecular formula is C23H23F7N6O. The highest BCUT2D eigenvalue weighted by molar-refractivity contribution is 5.72. The van der Waals surface area contributed by atoms with Crippen molar-refractivity contribution in [1.29, 1.82) is 0 Å². The van der Waals surface area contributed by atoms with Crippen LogP contribution in [0, 0.1) is 11.7 Å². The van der Waals surface area contributed by atoms with Gasteiger partial charge in [0, 0.05) is 37.2 Å². The number of benzene rings is 1. The molecule has 200 valence electrons. The Bertz CT molecular complexity index is 1290. The molecule has 2 atom stereocenters. The van der Waals surface area contributed by atoms with E-state index in [1.54, 1.807) is 6.92 Å². The molecule has 3 N–H and O–H groups in total. The molecule has 1 fully saturated rings. The van der Waals surface area contributed by atoms with Crippen LogP contribution in [-0.4, -0.2) is 45.2 Å². The number of amides is 2. The molecule has 1 aliphatic rings. The summed E-state index contributed by atoms with van der Waals surface area (Å²) in [6.07, 6.45) is -8.59. The largest absolute Gasteiger partial charge is 0.435 e. The van der Waals surface area contributed by atoms with E-state index in [-0.39, 0.29) is 24.8 Å². The highest BCUT2D eigenvalue weighted by Gasteiger charge is 2.41. The number of urea groups is 1. The van der Waals surface area contributed by atoms with Gasteiger partial charge in [0.05, 0.1) is 0 Å². The minimum absolute atomic E-state index is 0.0759. The molecule has 1 aromatic carbocycles. The van der Waals surface area contributed by atoms with Gasteiger partial charge in [0.1, 0.15) is 11.6 Å². The second-order valence-corrected chi connectivity index (χ2v) is 9.22. The number of anilines is 1. The first-order valence-electron chi connectivity index (χ1n) is 11.3. The molecule has 2 unspecified atom stereocenters. The SMILES string of the molecule is CC(CNc1cc(C(F)(F)F)nc2cc(C(F)(F)F)nn12)(c1ccc(F)cc1)C1CCCN(C(N)=O)C1. The molecule has 1 aliphatic heterocycles. The van der Waals surface area contributed by atoms with Crippen LogP contribution in [0.5, 0.6) is 0 Å². The smallest absolute Gasteiger partial charge is 0.369 e. The molecule has 2 amide bonds. The first-order valence-corrected chi connectivity index (χ1v) is 11.3. The zero-order valence-corrected chi connectivity index (χ0v) is 19.5. The van der Waals surface area contributed by atoms with Crippen LogP contribution in [-0.2, 0) is 17.8 Å². The zero-order chi connectivity index (χ0) is 27.2. The van der Waals surface area contributed by atoms with Crippen molar-refractivity contribution in [3.8, 4) is 0 Å². The molecule has 37 heavy (non-hydrogen) atoms. The van der Waals surface area contributed by atoms with Gasteiger partial charge in [0.2, 0.25) is 0 Å². The fraction of sp³-hybridized carbons (Fsp3) is 0.435. The molecule has 0 bridgehead atoms. The van der Waals surface area contributed by atoms with Crippen molar-refractivity contribution < 1.29 is 35.5 Å². The summed E-state index contributed by atoms with van der Waals surface area (Å²) in [6.45, 7) is 2.39.